The predicted molar refractivity (Wildman–Crippen MR) is 127 cm³/mol. The van der Waals surface area contributed by atoms with Gasteiger partial charge < -0.3 is 69.9 Å². The van der Waals surface area contributed by atoms with Crippen molar-refractivity contribution in [3.63, 3.8) is 0 Å². The number of hydrogen-bond acceptors (Lipinski definition) is 14. The lowest BCUT2D eigenvalue weighted by Gasteiger charge is -2.46. The lowest BCUT2D eigenvalue weighted by molar-refractivity contribution is -0.359. The number of aliphatic hydroxyl groups excluding tert-OH is 8. The molecule has 0 aromatic rings. The zero-order valence-corrected chi connectivity index (χ0v) is 22.0. The highest BCUT2D eigenvalue weighted by Crippen LogP contribution is 2.30. The maximum absolute atomic E-state index is 12.0. The molecule has 0 radical (unpaired) electrons. The van der Waals surface area contributed by atoms with Crippen molar-refractivity contribution in [2.24, 2.45) is 0 Å². The van der Waals surface area contributed by atoms with Crippen LogP contribution in [0.3, 0.4) is 0 Å². The van der Waals surface area contributed by atoms with Crippen molar-refractivity contribution in [2.45, 2.75) is 77.4 Å². The standard InChI is InChI=1S/C20H32Cl3NO14/c1-2-8(27)7(24-19(33)35-6-20(21,22)23)5-34-17-15(32)13(30)16(10(4-26)37-17)38-18-14(31)12(29)11(28)9(3-25)36-18/h2,7-18,25-32H,1,3-6H2,(H,24,33)/t7-,8+,9?,10?,11-,12-,13+,14-,15-,16+,17?,18?/m0/s1. The van der Waals surface area contributed by atoms with Crippen molar-refractivity contribution in [1.82, 2.24) is 5.32 Å². The van der Waals surface area contributed by atoms with Crippen LogP contribution >= 0.6 is 34.8 Å². The zero-order valence-electron chi connectivity index (χ0n) is 19.7. The molecule has 0 saturated carbocycles. The van der Waals surface area contributed by atoms with Gasteiger partial charge in [-0.2, -0.15) is 0 Å². The van der Waals surface area contributed by atoms with Crippen molar-refractivity contribution in [3.05, 3.63) is 12.7 Å². The number of carbonyl (C=O) groups is 1. The van der Waals surface area contributed by atoms with E-state index in [1.807, 2.05) is 0 Å². The molecule has 0 aliphatic carbocycles. The van der Waals surface area contributed by atoms with Gasteiger partial charge in [-0.15, -0.1) is 6.58 Å². The Morgan fingerprint density at radius 2 is 1.53 bits per heavy atom. The Hall–Kier alpha value is -0.600. The Kier molecular flexibility index (Phi) is 13.1. The first-order chi connectivity index (χ1) is 17.7. The summed E-state index contributed by atoms with van der Waals surface area (Å²) in [5, 5.41) is 82.6. The molecule has 2 aliphatic rings. The molecule has 2 aliphatic heterocycles. The highest BCUT2D eigenvalue weighted by molar-refractivity contribution is 6.67. The van der Waals surface area contributed by atoms with Gasteiger partial charge in [0.2, 0.25) is 3.79 Å². The first-order valence-electron chi connectivity index (χ1n) is 11.2. The van der Waals surface area contributed by atoms with Gasteiger partial charge in [-0.1, -0.05) is 40.9 Å². The summed E-state index contributed by atoms with van der Waals surface area (Å²) < 4.78 is 24.4. The maximum atomic E-state index is 12.0. The number of ether oxygens (including phenoxy) is 5. The summed E-state index contributed by atoms with van der Waals surface area (Å²) in [5.74, 6) is 0. The number of alkyl carbamates (subject to hydrolysis) is 1. The quantitative estimate of drug-likeness (QED) is 0.0814. The molecule has 0 aromatic heterocycles. The summed E-state index contributed by atoms with van der Waals surface area (Å²) in [6.45, 7) is 0.748. The molecule has 38 heavy (non-hydrogen) atoms. The summed E-state index contributed by atoms with van der Waals surface area (Å²) in [7, 11) is 0. The first-order valence-corrected chi connectivity index (χ1v) is 12.4. The van der Waals surface area contributed by atoms with Crippen LogP contribution < -0.4 is 5.32 Å². The average Bonchev–Trinajstić information content (AvgIpc) is 2.87. The van der Waals surface area contributed by atoms with Crippen molar-refractivity contribution >= 4 is 40.9 Å². The molecule has 15 nitrogen and oxygen atoms in total. The van der Waals surface area contributed by atoms with Crippen LogP contribution in [0.2, 0.25) is 0 Å². The first kappa shape index (κ1) is 33.6. The number of halogens is 3. The lowest BCUT2D eigenvalue weighted by atomic mass is 9.97. The smallest absolute Gasteiger partial charge is 0.407 e. The van der Waals surface area contributed by atoms with Crippen LogP contribution in [-0.2, 0) is 23.7 Å². The predicted octanol–water partition coefficient (Wildman–Crippen LogP) is -3.36. The Morgan fingerprint density at radius 1 is 0.947 bits per heavy atom. The SMILES string of the molecule is C=C[C@@H](O)[C@H](COC1OC(CO)[C@@H](OC2OC(CO)[C@H](O)[C@H](O)[C@@H]2O)[C@H](O)[C@@H]1O)NC(=O)OCC(Cl)(Cl)Cl. The minimum absolute atomic E-state index is 0.527. The number of nitrogens with one attached hydrogen (secondary N) is 1. The van der Waals surface area contributed by atoms with E-state index in [0.717, 1.165) is 6.08 Å². The van der Waals surface area contributed by atoms with Gasteiger partial charge in [-0.3, -0.25) is 0 Å². The second-order valence-electron chi connectivity index (χ2n) is 8.51. The van der Waals surface area contributed by atoms with E-state index < -0.39 is 110 Å². The Labute approximate surface area is 232 Å². The highest BCUT2D eigenvalue weighted by Gasteiger charge is 2.50. The molecule has 0 spiro atoms. The molecule has 12 atom stereocenters. The van der Waals surface area contributed by atoms with E-state index in [-0.39, 0.29) is 0 Å². The summed E-state index contributed by atoms with van der Waals surface area (Å²) in [5.41, 5.74) is 0. The molecule has 2 heterocycles. The van der Waals surface area contributed by atoms with E-state index in [9.17, 15) is 45.6 Å². The molecule has 2 rings (SSSR count). The number of aliphatic hydroxyl groups is 8. The highest BCUT2D eigenvalue weighted by atomic mass is 35.6. The summed E-state index contributed by atoms with van der Waals surface area (Å²) in [6.07, 6.45) is -17.8. The van der Waals surface area contributed by atoms with Gasteiger partial charge in [0.1, 0.15) is 55.4 Å². The molecule has 2 fully saturated rings. The summed E-state index contributed by atoms with van der Waals surface area (Å²) in [6, 6.07) is -1.21. The second-order valence-corrected chi connectivity index (χ2v) is 11.0. The van der Waals surface area contributed by atoms with Crippen molar-refractivity contribution < 1.29 is 69.3 Å². The van der Waals surface area contributed by atoms with Crippen molar-refractivity contribution in [3.8, 4) is 0 Å². The Bertz CT molecular complexity index is 759. The minimum atomic E-state index is -1.88. The second kappa shape index (κ2) is 14.9. The van der Waals surface area contributed by atoms with Gasteiger partial charge >= 0.3 is 6.09 Å². The number of carbonyl (C=O) groups excluding carboxylic acids is 1. The van der Waals surface area contributed by atoms with Crippen molar-refractivity contribution in [1.29, 1.82) is 0 Å². The Balaban J connectivity index is 2.04. The van der Waals surface area contributed by atoms with Crippen LogP contribution in [0.1, 0.15) is 0 Å². The molecule has 222 valence electrons. The van der Waals surface area contributed by atoms with Gasteiger partial charge in [-0.25, -0.2) is 4.79 Å². The number of hydrogen-bond donors (Lipinski definition) is 9. The topological polar surface area (TPSA) is 237 Å². The number of rotatable bonds is 11. The fourth-order valence-corrected chi connectivity index (χ4v) is 3.79. The van der Waals surface area contributed by atoms with E-state index in [1.165, 1.54) is 0 Å². The third-order valence-electron chi connectivity index (χ3n) is 5.72. The van der Waals surface area contributed by atoms with Crippen LogP contribution in [0, 0.1) is 0 Å². The number of amides is 1. The molecular formula is C20H32Cl3NO14. The third kappa shape index (κ3) is 8.95. The molecular weight excluding hydrogens is 585 g/mol. The summed E-state index contributed by atoms with van der Waals surface area (Å²) >= 11 is 16.5. The van der Waals surface area contributed by atoms with Crippen molar-refractivity contribution in [2.75, 3.05) is 26.4 Å². The fourth-order valence-electron chi connectivity index (χ4n) is 3.62. The molecule has 4 unspecified atom stereocenters. The van der Waals surface area contributed by atoms with E-state index in [2.05, 4.69) is 11.9 Å². The van der Waals surface area contributed by atoms with Crippen LogP contribution in [0.25, 0.3) is 0 Å². The van der Waals surface area contributed by atoms with E-state index in [0.29, 0.717) is 0 Å². The third-order valence-corrected chi connectivity index (χ3v) is 6.05. The van der Waals surface area contributed by atoms with Crippen LogP contribution in [0.4, 0.5) is 4.79 Å². The molecule has 0 bridgehead atoms. The maximum Gasteiger partial charge on any atom is 0.407 e. The zero-order chi connectivity index (χ0) is 28.8. The van der Waals surface area contributed by atoms with Gasteiger partial charge in [0, 0.05) is 0 Å². The van der Waals surface area contributed by atoms with E-state index >= 15 is 0 Å². The Morgan fingerprint density at radius 3 is 2.08 bits per heavy atom. The van der Waals surface area contributed by atoms with Crippen LogP contribution in [-0.4, -0.2) is 151 Å². The monoisotopic (exact) mass is 615 g/mol. The van der Waals surface area contributed by atoms with Gasteiger partial charge in [-0.05, 0) is 0 Å². The average molecular weight is 617 g/mol. The summed E-state index contributed by atoms with van der Waals surface area (Å²) in [4.78, 5) is 12.0. The molecule has 9 N–H and O–H groups in total. The molecule has 0 aromatic carbocycles. The van der Waals surface area contributed by atoms with E-state index in [4.69, 9.17) is 58.5 Å². The minimum Gasteiger partial charge on any atom is -0.445 e. The van der Waals surface area contributed by atoms with Gasteiger partial charge in [0.05, 0.1) is 32.0 Å². The molecule has 1 amide bonds. The molecule has 18 heteroatoms. The van der Waals surface area contributed by atoms with Gasteiger partial charge in [0.15, 0.2) is 12.6 Å². The molecule has 2 saturated heterocycles. The largest absolute Gasteiger partial charge is 0.445 e. The normalized spacial score (nSPS) is 37.8. The lowest BCUT2D eigenvalue weighted by Crippen LogP contribution is -2.65. The van der Waals surface area contributed by atoms with E-state index in [1.54, 1.807) is 0 Å². The van der Waals surface area contributed by atoms with Crippen LogP contribution in [0.5, 0.6) is 0 Å². The number of alkyl halides is 3. The van der Waals surface area contributed by atoms with Gasteiger partial charge in [0.25, 0.3) is 0 Å². The fraction of sp³-hybridized carbons (Fsp3) is 0.850. The van der Waals surface area contributed by atoms with Crippen LogP contribution in [0.15, 0.2) is 12.7 Å².